The van der Waals surface area contributed by atoms with E-state index in [-0.39, 0.29) is 21.1 Å². The van der Waals surface area contributed by atoms with Gasteiger partial charge < -0.3 is 9.55 Å². The van der Waals surface area contributed by atoms with Crippen molar-refractivity contribution in [1.29, 1.82) is 0 Å². The predicted molar refractivity (Wildman–Crippen MR) is 270 cm³/mol. The van der Waals surface area contributed by atoms with Crippen molar-refractivity contribution in [3.05, 3.63) is 88.1 Å². The van der Waals surface area contributed by atoms with Crippen molar-refractivity contribution in [3.63, 3.8) is 0 Å². The summed E-state index contributed by atoms with van der Waals surface area (Å²) in [6.45, 7) is 10.3. The standard InChI is InChI=1S/C57H81N5.Pt/c1-5-9-13-17-21-25-31-45-41-50-43-48-36-35-46(59-48)42-47-37-38-49(60-47)44-54-55(53-34-28-29-39-58-53)51(32-26-22-18-14-10-6-2)57(62(54)40-30-24-20-16-12-8-4)52(56(45)61-50)33-27-23-19-15-11-7-3;/h28-29,34-39,41-44,61H,5-27,30-33,40H2,1-4H3;. The maximum Gasteiger partial charge on any atom is 0.0726 e. The number of aromatic nitrogens is 5. The monoisotopic (exact) mass is 1030 g/mol. The van der Waals surface area contributed by atoms with Crippen LogP contribution >= 0.6 is 0 Å². The van der Waals surface area contributed by atoms with Gasteiger partial charge in [-0.25, -0.2) is 9.97 Å². The number of hydrogen-bond donors (Lipinski definition) is 1. The Bertz CT molecular complexity index is 2170. The van der Waals surface area contributed by atoms with Gasteiger partial charge in [-0.05, 0) is 122 Å². The zero-order chi connectivity index (χ0) is 43.2. The molecule has 2 aliphatic heterocycles. The van der Waals surface area contributed by atoms with Crippen LogP contribution < -0.4 is 0 Å². The first-order chi connectivity index (χ1) is 30.6. The number of unbranched alkanes of at least 4 members (excludes halogenated alkanes) is 20. The molecular weight excluding hydrogens is 950 g/mol. The van der Waals surface area contributed by atoms with Crippen LogP contribution in [0, 0.1) is 0 Å². The third kappa shape index (κ3) is 15.3. The van der Waals surface area contributed by atoms with Gasteiger partial charge >= 0.3 is 0 Å². The van der Waals surface area contributed by atoms with Gasteiger partial charge in [0, 0.05) is 50.4 Å². The first-order valence-electron chi connectivity index (χ1n) is 25.7. The maximum atomic E-state index is 5.23. The van der Waals surface area contributed by atoms with Gasteiger partial charge in [-0.1, -0.05) is 162 Å². The summed E-state index contributed by atoms with van der Waals surface area (Å²) >= 11 is 0. The van der Waals surface area contributed by atoms with Gasteiger partial charge in [-0.3, -0.25) is 4.98 Å². The molecule has 6 rings (SSSR count). The first-order valence-corrected chi connectivity index (χ1v) is 25.7. The molecule has 0 saturated carbocycles. The van der Waals surface area contributed by atoms with Gasteiger partial charge in [0.1, 0.15) is 0 Å². The summed E-state index contributed by atoms with van der Waals surface area (Å²) < 4.78 is 2.77. The van der Waals surface area contributed by atoms with Gasteiger partial charge in [-0.2, -0.15) is 0 Å². The Morgan fingerprint density at radius 3 is 1.54 bits per heavy atom. The van der Waals surface area contributed by atoms with Gasteiger partial charge in [0.15, 0.2) is 0 Å². The van der Waals surface area contributed by atoms with Crippen molar-refractivity contribution >= 4 is 46.4 Å². The van der Waals surface area contributed by atoms with Crippen LogP contribution in [0.15, 0.2) is 48.7 Å². The Kier molecular flexibility index (Phi) is 22.7. The van der Waals surface area contributed by atoms with E-state index in [0.717, 1.165) is 59.8 Å². The molecule has 344 valence electrons. The topological polar surface area (TPSA) is 59.4 Å². The molecule has 0 amide bonds. The van der Waals surface area contributed by atoms with E-state index in [2.05, 4.69) is 104 Å². The molecule has 6 heteroatoms. The molecule has 0 unspecified atom stereocenters. The summed E-state index contributed by atoms with van der Waals surface area (Å²) in [6.07, 6.45) is 44.7. The minimum Gasteiger partial charge on any atom is -0.355 e. The number of nitrogens with zero attached hydrogens (tertiary/aromatic N) is 4. The van der Waals surface area contributed by atoms with E-state index >= 15 is 0 Å². The van der Waals surface area contributed by atoms with E-state index in [1.807, 2.05) is 6.20 Å². The van der Waals surface area contributed by atoms with Crippen molar-refractivity contribution in [2.45, 2.75) is 208 Å². The van der Waals surface area contributed by atoms with Gasteiger partial charge in [-0.15, -0.1) is 0 Å². The van der Waals surface area contributed by atoms with E-state index in [4.69, 9.17) is 15.0 Å². The Morgan fingerprint density at radius 1 is 0.492 bits per heavy atom. The largest absolute Gasteiger partial charge is 0.355 e. The number of H-pyrrole nitrogens is 1. The van der Waals surface area contributed by atoms with Gasteiger partial charge in [0.25, 0.3) is 0 Å². The smallest absolute Gasteiger partial charge is 0.0726 e. The third-order valence-electron chi connectivity index (χ3n) is 13.2. The van der Waals surface area contributed by atoms with E-state index in [1.54, 1.807) is 0 Å². The molecular formula is C57H81N5Pt. The van der Waals surface area contributed by atoms with Gasteiger partial charge in [0.05, 0.1) is 39.5 Å². The molecule has 1 N–H and O–H groups in total. The average molecular weight is 1030 g/mol. The zero-order valence-corrected chi connectivity index (χ0v) is 42.1. The molecule has 0 spiro atoms. The molecule has 4 aromatic heterocycles. The van der Waals surface area contributed by atoms with Crippen LogP contribution in [-0.4, -0.2) is 24.5 Å². The second-order valence-electron chi connectivity index (χ2n) is 18.4. The molecule has 0 aliphatic carbocycles. The molecule has 6 heterocycles. The summed E-state index contributed by atoms with van der Waals surface area (Å²) in [5, 5.41) is 0. The summed E-state index contributed by atoms with van der Waals surface area (Å²) in [6, 6.07) is 15.8. The number of nitrogens with one attached hydrogen (secondary N) is 1. The number of aromatic amines is 1. The Balaban J connectivity index is 0.00000748. The number of pyridine rings is 1. The Morgan fingerprint density at radius 2 is 0.984 bits per heavy atom. The average Bonchev–Trinajstić information content (AvgIpc) is 4.08. The normalized spacial score (nSPS) is 12.1. The zero-order valence-electron chi connectivity index (χ0n) is 39.8. The van der Waals surface area contributed by atoms with Crippen LogP contribution in [-0.2, 0) is 46.9 Å². The van der Waals surface area contributed by atoms with E-state index in [1.165, 1.54) is 193 Å². The van der Waals surface area contributed by atoms with Crippen LogP contribution in [0.1, 0.15) is 221 Å². The molecule has 0 fully saturated rings. The van der Waals surface area contributed by atoms with Crippen molar-refractivity contribution in [2.75, 3.05) is 0 Å². The minimum absolute atomic E-state index is 0. The third-order valence-corrected chi connectivity index (χ3v) is 13.2. The summed E-state index contributed by atoms with van der Waals surface area (Å²) in [7, 11) is 0. The molecule has 0 saturated heterocycles. The second kappa shape index (κ2) is 28.4. The van der Waals surface area contributed by atoms with Crippen LogP contribution in [0.4, 0.5) is 0 Å². The molecule has 0 radical (unpaired) electrons. The van der Waals surface area contributed by atoms with E-state index < -0.39 is 0 Å². The number of hydrogen-bond acceptors (Lipinski definition) is 3. The SMILES string of the molecule is CCCCCCCCc1cc2cc3nc(cc4nc(cc5c(-c6ccccn6)c(CCCCCCCC)c(c(CCCCCCCC)c1[nH]2)n5CCCCCCCC)C=C4)C=C3.[Pt]. The van der Waals surface area contributed by atoms with Crippen LogP contribution in [0.5, 0.6) is 0 Å². The van der Waals surface area contributed by atoms with Crippen molar-refractivity contribution in [1.82, 2.24) is 24.5 Å². The maximum absolute atomic E-state index is 5.23. The molecule has 4 aromatic rings. The van der Waals surface area contributed by atoms with E-state index in [9.17, 15) is 0 Å². The van der Waals surface area contributed by atoms with Crippen molar-refractivity contribution in [3.8, 4) is 11.3 Å². The first kappa shape index (κ1) is 50.4. The minimum atomic E-state index is 0. The molecule has 2 aliphatic rings. The van der Waals surface area contributed by atoms with Crippen LogP contribution in [0.25, 0.3) is 57.6 Å². The second-order valence-corrected chi connectivity index (χ2v) is 18.4. The van der Waals surface area contributed by atoms with Crippen molar-refractivity contribution in [2.24, 2.45) is 0 Å². The number of aryl methyl sites for hydroxylation is 4. The number of rotatable bonds is 29. The fourth-order valence-corrected chi connectivity index (χ4v) is 9.76. The Labute approximate surface area is 396 Å². The fraction of sp³-hybridized carbons (Fsp3) is 0.561. The van der Waals surface area contributed by atoms with Crippen LogP contribution in [0.3, 0.4) is 0 Å². The quantitative estimate of drug-likeness (QED) is 0.0476. The molecule has 8 bridgehead atoms. The number of fused-ring (bicyclic) bond motifs is 8. The summed E-state index contributed by atoms with van der Waals surface area (Å²) in [5.74, 6) is 0. The summed E-state index contributed by atoms with van der Waals surface area (Å²) in [4.78, 5) is 19.6. The molecule has 5 nitrogen and oxygen atoms in total. The van der Waals surface area contributed by atoms with Crippen LogP contribution in [0.2, 0.25) is 0 Å². The van der Waals surface area contributed by atoms with E-state index in [0.29, 0.717) is 0 Å². The Hall–Kier alpha value is -3.56. The van der Waals surface area contributed by atoms with Gasteiger partial charge in [0.2, 0.25) is 0 Å². The predicted octanol–water partition coefficient (Wildman–Crippen LogP) is 17.3. The summed E-state index contributed by atoms with van der Waals surface area (Å²) in [5.41, 5.74) is 16.0. The molecule has 0 atom stereocenters. The molecule has 63 heavy (non-hydrogen) atoms. The van der Waals surface area contributed by atoms with Crippen molar-refractivity contribution < 1.29 is 21.1 Å². The molecule has 0 aromatic carbocycles. The fourth-order valence-electron chi connectivity index (χ4n) is 9.76.